The molecule has 2 heterocycles. The Morgan fingerprint density at radius 1 is 1.35 bits per heavy atom. The van der Waals surface area contributed by atoms with Gasteiger partial charge in [0.2, 0.25) is 5.95 Å². The number of ether oxygens (including phenoxy) is 1. The lowest BCUT2D eigenvalue weighted by Gasteiger charge is -2.18. The quantitative estimate of drug-likeness (QED) is 0.684. The molecule has 0 aromatic carbocycles. The van der Waals surface area contributed by atoms with Gasteiger partial charge in [-0.15, -0.1) is 0 Å². The maximum Gasteiger partial charge on any atom is 0.226 e. The monoisotopic (exact) mass is 278 g/mol. The minimum Gasteiger partial charge on any atom is -0.383 e. The van der Waals surface area contributed by atoms with Crippen LogP contribution in [0.3, 0.4) is 0 Å². The lowest BCUT2D eigenvalue weighted by atomic mass is 10.2. The Morgan fingerprint density at radius 2 is 2.20 bits per heavy atom. The maximum atomic E-state index is 5.26. The number of methoxy groups -OCH3 is 1. The second kappa shape index (κ2) is 7.04. The second-order valence-corrected chi connectivity index (χ2v) is 4.64. The smallest absolute Gasteiger partial charge is 0.226 e. The molecular weight excluding hydrogens is 256 g/mol. The number of nitrogens with one attached hydrogen (secondary N) is 3. The lowest BCUT2D eigenvalue weighted by molar-refractivity contribution is 0.182. The van der Waals surface area contributed by atoms with Crippen molar-refractivity contribution in [1.82, 2.24) is 20.2 Å². The molecule has 7 nitrogen and oxygen atoms in total. The third-order valence-electron chi connectivity index (χ3n) is 2.99. The maximum absolute atomic E-state index is 5.26. The first-order valence-corrected chi connectivity index (χ1v) is 6.98. The lowest BCUT2D eigenvalue weighted by Crippen LogP contribution is -2.25. The van der Waals surface area contributed by atoms with Crippen LogP contribution in [0.25, 0.3) is 11.0 Å². The fourth-order valence-corrected chi connectivity index (χ4v) is 2.12. The Morgan fingerprint density at radius 3 is 2.90 bits per heavy atom. The van der Waals surface area contributed by atoms with Gasteiger partial charge in [-0.2, -0.15) is 15.1 Å². The number of hydrogen-bond donors (Lipinski definition) is 3. The Hall–Kier alpha value is -1.89. The first-order valence-electron chi connectivity index (χ1n) is 6.98. The van der Waals surface area contributed by atoms with Crippen molar-refractivity contribution in [3.05, 3.63) is 6.20 Å². The first-order chi connectivity index (χ1) is 9.78. The van der Waals surface area contributed by atoms with Crippen LogP contribution >= 0.6 is 0 Å². The predicted molar refractivity (Wildman–Crippen MR) is 80.0 cm³/mol. The Bertz CT molecular complexity index is 535. The fourth-order valence-electron chi connectivity index (χ4n) is 2.12. The Kier molecular flexibility index (Phi) is 5.11. The van der Waals surface area contributed by atoms with Crippen molar-refractivity contribution in [3.8, 4) is 0 Å². The van der Waals surface area contributed by atoms with Crippen LogP contribution in [0.4, 0.5) is 11.8 Å². The van der Waals surface area contributed by atoms with Crippen molar-refractivity contribution in [1.29, 1.82) is 0 Å². The number of H-pyrrole nitrogens is 1. The van der Waals surface area contributed by atoms with Crippen LogP contribution in [0.5, 0.6) is 0 Å². The molecule has 0 saturated carbocycles. The zero-order valence-corrected chi connectivity index (χ0v) is 12.2. The molecule has 0 amide bonds. The first kappa shape index (κ1) is 14.5. The van der Waals surface area contributed by atoms with E-state index in [2.05, 4.69) is 37.7 Å². The molecule has 0 bridgehead atoms. The fraction of sp³-hybridized carbons (Fsp3) is 0.615. The molecule has 2 rings (SSSR count). The summed E-state index contributed by atoms with van der Waals surface area (Å²) in [6, 6.07) is 0.229. The predicted octanol–water partition coefficient (Wildman–Crippen LogP) is 2.01. The molecule has 7 heteroatoms. The van der Waals surface area contributed by atoms with Crippen LogP contribution < -0.4 is 10.6 Å². The van der Waals surface area contributed by atoms with E-state index in [0.29, 0.717) is 12.6 Å². The highest BCUT2D eigenvalue weighted by molar-refractivity contribution is 5.87. The zero-order chi connectivity index (χ0) is 14.4. The average molecular weight is 278 g/mol. The summed E-state index contributed by atoms with van der Waals surface area (Å²) in [5, 5.41) is 14.4. The van der Waals surface area contributed by atoms with E-state index in [9.17, 15) is 0 Å². The molecule has 0 radical (unpaired) electrons. The van der Waals surface area contributed by atoms with E-state index in [1.807, 2.05) is 6.92 Å². The van der Waals surface area contributed by atoms with Gasteiger partial charge in [0, 0.05) is 13.7 Å². The van der Waals surface area contributed by atoms with Gasteiger partial charge in [0.05, 0.1) is 24.2 Å². The number of fused-ring (bicyclic) bond motifs is 1. The normalized spacial score (nSPS) is 12.6. The molecule has 0 aliphatic rings. The molecule has 1 atom stereocenters. The van der Waals surface area contributed by atoms with Crippen molar-refractivity contribution in [2.75, 3.05) is 30.9 Å². The number of aromatic nitrogens is 4. The SMILES string of the molecule is CCCC(COC)Nc1nc(NCC)nc2[nH]ncc12. The summed E-state index contributed by atoms with van der Waals surface area (Å²) in [6.07, 6.45) is 3.84. The van der Waals surface area contributed by atoms with Gasteiger partial charge in [0.25, 0.3) is 0 Å². The molecule has 20 heavy (non-hydrogen) atoms. The molecule has 0 aliphatic carbocycles. The van der Waals surface area contributed by atoms with E-state index in [1.165, 1.54) is 0 Å². The highest BCUT2D eigenvalue weighted by Gasteiger charge is 2.13. The zero-order valence-electron chi connectivity index (χ0n) is 12.2. The van der Waals surface area contributed by atoms with Crippen molar-refractivity contribution < 1.29 is 4.74 Å². The molecule has 3 N–H and O–H groups in total. The summed E-state index contributed by atoms with van der Waals surface area (Å²) in [5.74, 6) is 1.38. The van der Waals surface area contributed by atoms with Crippen LogP contribution in [0, 0.1) is 0 Å². The summed E-state index contributed by atoms with van der Waals surface area (Å²) >= 11 is 0. The molecule has 2 aromatic heterocycles. The van der Waals surface area contributed by atoms with Crippen LogP contribution in [0.2, 0.25) is 0 Å². The molecule has 0 saturated heterocycles. The molecule has 2 aromatic rings. The van der Waals surface area contributed by atoms with Crippen LogP contribution in [0.15, 0.2) is 6.20 Å². The summed E-state index contributed by atoms with van der Waals surface area (Å²) in [7, 11) is 1.71. The van der Waals surface area contributed by atoms with E-state index >= 15 is 0 Å². The van der Waals surface area contributed by atoms with Crippen LogP contribution in [0.1, 0.15) is 26.7 Å². The van der Waals surface area contributed by atoms with Gasteiger partial charge < -0.3 is 15.4 Å². The number of anilines is 2. The standard InChI is InChI=1S/C13H22N6O/c1-4-6-9(8-20-3)16-11-10-7-15-19-12(10)18-13(17-11)14-5-2/h7,9H,4-6,8H2,1-3H3,(H3,14,15,16,17,18,19). The molecule has 1 unspecified atom stereocenters. The van der Waals surface area contributed by atoms with Crippen molar-refractivity contribution >= 4 is 22.8 Å². The van der Waals surface area contributed by atoms with Crippen LogP contribution in [-0.2, 0) is 4.74 Å². The third-order valence-corrected chi connectivity index (χ3v) is 2.99. The summed E-state index contributed by atoms with van der Waals surface area (Å²) in [5.41, 5.74) is 0.728. The van der Waals surface area contributed by atoms with Crippen molar-refractivity contribution in [2.45, 2.75) is 32.7 Å². The molecule has 0 aliphatic heterocycles. The molecule has 0 fully saturated rings. The van der Waals surface area contributed by atoms with Crippen LogP contribution in [-0.4, -0.2) is 46.5 Å². The number of aromatic amines is 1. The topological polar surface area (TPSA) is 87.8 Å². The van der Waals surface area contributed by atoms with Crippen molar-refractivity contribution in [3.63, 3.8) is 0 Å². The third kappa shape index (κ3) is 3.36. The Balaban J connectivity index is 2.28. The van der Waals surface area contributed by atoms with Crippen molar-refractivity contribution in [2.24, 2.45) is 0 Å². The molecule has 110 valence electrons. The number of nitrogens with zero attached hydrogens (tertiary/aromatic N) is 3. The second-order valence-electron chi connectivity index (χ2n) is 4.64. The Labute approximate surface area is 118 Å². The van der Waals surface area contributed by atoms with Gasteiger partial charge in [-0.25, -0.2) is 0 Å². The molecular formula is C13H22N6O. The van der Waals surface area contributed by atoms with Gasteiger partial charge in [-0.1, -0.05) is 13.3 Å². The van der Waals surface area contributed by atoms with E-state index < -0.39 is 0 Å². The average Bonchev–Trinajstić information content (AvgIpc) is 2.88. The largest absolute Gasteiger partial charge is 0.383 e. The molecule has 0 spiro atoms. The van der Waals surface area contributed by atoms with E-state index in [1.54, 1.807) is 13.3 Å². The van der Waals surface area contributed by atoms with E-state index in [0.717, 1.165) is 36.2 Å². The van der Waals surface area contributed by atoms with Gasteiger partial charge in [0.1, 0.15) is 5.82 Å². The van der Waals surface area contributed by atoms with Gasteiger partial charge in [-0.3, -0.25) is 5.10 Å². The summed E-state index contributed by atoms with van der Waals surface area (Å²) in [4.78, 5) is 8.89. The minimum atomic E-state index is 0.229. The summed E-state index contributed by atoms with van der Waals surface area (Å²) < 4.78 is 5.26. The number of hydrogen-bond acceptors (Lipinski definition) is 6. The van der Waals surface area contributed by atoms with Gasteiger partial charge in [0.15, 0.2) is 5.65 Å². The van der Waals surface area contributed by atoms with E-state index in [-0.39, 0.29) is 6.04 Å². The number of rotatable bonds is 8. The highest BCUT2D eigenvalue weighted by atomic mass is 16.5. The van der Waals surface area contributed by atoms with Gasteiger partial charge in [-0.05, 0) is 13.3 Å². The van der Waals surface area contributed by atoms with Gasteiger partial charge >= 0.3 is 0 Å². The van der Waals surface area contributed by atoms with E-state index in [4.69, 9.17) is 4.74 Å². The minimum absolute atomic E-state index is 0.229. The highest BCUT2D eigenvalue weighted by Crippen LogP contribution is 2.21. The summed E-state index contributed by atoms with van der Waals surface area (Å²) in [6.45, 7) is 5.59.